The molecular weight excluding hydrogens is 390 g/mol. The SMILES string of the molecule is CCCCCCCCCC/C=C/c1cccc([C@@H](O)[C@H](CO)NC(=O)OC(C)(C)C)c1. The van der Waals surface area contributed by atoms with Gasteiger partial charge in [0.2, 0.25) is 0 Å². The lowest BCUT2D eigenvalue weighted by Crippen LogP contribution is -2.44. The molecule has 176 valence electrons. The maximum absolute atomic E-state index is 12.0. The Morgan fingerprint density at radius 1 is 1.10 bits per heavy atom. The van der Waals surface area contributed by atoms with Crippen LogP contribution in [0.15, 0.2) is 30.3 Å². The van der Waals surface area contributed by atoms with Gasteiger partial charge in [-0.25, -0.2) is 4.79 Å². The molecule has 0 saturated heterocycles. The van der Waals surface area contributed by atoms with Gasteiger partial charge in [-0.1, -0.05) is 82.2 Å². The summed E-state index contributed by atoms with van der Waals surface area (Å²) in [6.07, 6.45) is 14.1. The first kappa shape index (κ1) is 27.2. The van der Waals surface area contributed by atoms with Gasteiger partial charge in [-0.05, 0) is 50.8 Å². The Bertz CT molecular complexity index is 651. The number of benzene rings is 1. The summed E-state index contributed by atoms with van der Waals surface area (Å²) in [7, 11) is 0. The highest BCUT2D eigenvalue weighted by Crippen LogP contribution is 2.20. The molecule has 0 aromatic heterocycles. The van der Waals surface area contributed by atoms with Crippen LogP contribution < -0.4 is 5.32 Å². The molecule has 0 radical (unpaired) electrons. The van der Waals surface area contributed by atoms with E-state index in [1.165, 1.54) is 51.4 Å². The summed E-state index contributed by atoms with van der Waals surface area (Å²) < 4.78 is 5.21. The van der Waals surface area contributed by atoms with Crippen LogP contribution in [0.25, 0.3) is 6.08 Å². The third-order valence-corrected chi connectivity index (χ3v) is 5.07. The number of carbonyl (C=O) groups is 1. The van der Waals surface area contributed by atoms with Crippen LogP contribution in [0.1, 0.15) is 103 Å². The van der Waals surface area contributed by atoms with Crippen molar-refractivity contribution in [3.05, 3.63) is 41.5 Å². The predicted molar refractivity (Wildman–Crippen MR) is 128 cm³/mol. The molecule has 1 rings (SSSR count). The van der Waals surface area contributed by atoms with Gasteiger partial charge < -0.3 is 20.3 Å². The van der Waals surface area contributed by atoms with E-state index in [1.54, 1.807) is 26.8 Å². The van der Waals surface area contributed by atoms with Crippen LogP contribution in [-0.2, 0) is 4.74 Å². The van der Waals surface area contributed by atoms with Gasteiger partial charge in [-0.15, -0.1) is 0 Å². The van der Waals surface area contributed by atoms with Crippen molar-refractivity contribution in [1.82, 2.24) is 5.32 Å². The maximum atomic E-state index is 12.0. The van der Waals surface area contributed by atoms with E-state index >= 15 is 0 Å². The molecule has 5 nitrogen and oxygen atoms in total. The van der Waals surface area contributed by atoms with E-state index in [0.717, 1.165) is 12.0 Å². The van der Waals surface area contributed by atoms with Crippen molar-refractivity contribution in [3.8, 4) is 0 Å². The average Bonchev–Trinajstić information content (AvgIpc) is 2.72. The number of unbranched alkanes of at least 4 members (excludes halogenated alkanes) is 8. The van der Waals surface area contributed by atoms with E-state index < -0.39 is 23.8 Å². The number of nitrogens with one attached hydrogen (secondary N) is 1. The summed E-state index contributed by atoms with van der Waals surface area (Å²) in [6, 6.07) is 6.69. The van der Waals surface area contributed by atoms with Gasteiger partial charge in [-0.3, -0.25) is 0 Å². The Morgan fingerprint density at radius 3 is 2.35 bits per heavy atom. The number of aliphatic hydroxyl groups is 2. The second kappa shape index (κ2) is 15.0. The fourth-order valence-electron chi connectivity index (χ4n) is 3.38. The highest BCUT2D eigenvalue weighted by Gasteiger charge is 2.25. The fourth-order valence-corrected chi connectivity index (χ4v) is 3.38. The van der Waals surface area contributed by atoms with Gasteiger partial charge in [0.25, 0.3) is 0 Å². The highest BCUT2D eigenvalue weighted by molar-refractivity contribution is 5.68. The molecule has 0 aliphatic rings. The van der Waals surface area contributed by atoms with Gasteiger partial charge in [0.05, 0.1) is 12.6 Å². The second-order valence-corrected chi connectivity index (χ2v) is 9.22. The molecule has 0 fully saturated rings. The lowest BCUT2D eigenvalue weighted by Gasteiger charge is -2.25. The molecule has 0 aliphatic carbocycles. The number of alkyl carbamates (subject to hydrolysis) is 1. The molecule has 1 aromatic carbocycles. The molecule has 0 saturated carbocycles. The van der Waals surface area contributed by atoms with Crippen molar-refractivity contribution in [3.63, 3.8) is 0 Å². The van der Waals surface area contributed by atoms with E-state index in [1.807, 2.05) is 18.2 Å². The summed E-state index contributed by atoms with van der Waals surface area (Å²) in [5, 5.41) is 22.8. The van der Waals surface area contributed by atoms with Crippen molar-refractivity contribution in [2.75, 3.05) is 6.61 Å². The van der Waals surface area contributed by atoms with Gasteiger partial charge in [-0.2, -0.15) is 0 Å². The number of aliphatic hydroxyl groups excluding tert-OH is 2. The van der Waals surface area contributed by atoms with Crippen molar-refractivity contribution >= 4 is 12.2 Å². The summed E-state index contributed by atoms with van der Waals surface area (Å²) in [5.74, 6) is 0. The first-order valence-electron chi connectivity index (χ1n) is 11.8. The maximum Gasteiger partial charge on any atom is 0.408 e. The molecule has 0 heterocycles. The molecule has 1 amide bonds. The predicted octanol–water partition coefficient (Wildman–Crippen LogP) is 6.15. The van der Waals surface area contributed by atoms with E-state index in [9.17, 15) is 15.0 Å². The van der Waals surface area contributed by atoms with Crippen molar-refractivity contribution < 1.29 is 19.7 Å². The standard InChI is InChI=1S/C26H43NO4/c1-5-6-7-8-9-10-11-12-13-14-16-21-17-15-18-22(19-21)24(29)23(20-28)27-25(30)31-26(2,3)4/h14-19,23-24,28-29H,5-13,20H2,1-4H3,(H,27,30)/b16-14+/t23-,24+/m0/s1. The van der Waals surface area contributed by atoms with Crippen molar-refractivity contribution in [2.45, 2.75) is 103 Å². The highest BCUT2D eigenvalue weighted by atomic mass is 16.6. The van der Waals surface area contributed by atoms with Crippen molar-refractivity contribution in [1.29, 1.82) is 0 Å². The molecule has 5 heteroatoms. The minimum Gasteiger partial charge on any atom is -0.444 e. The van der Waals surface area contributed by atoms with Crippen LogP contribution in [0.4, 0.5) is 4.79 Å². The second-order valence-electron chi connectivity index (χ2n) is 9.22. The number of carbonyl (C=O) groups excluding carboxylic acids is 1. The largest absolute Gasteiger partial charge is 0.444 e. The summed E-state index contributed by atoms with van der Waals surface area (Å²) >= 11 is 0. The molecule has 1 aromatic rings. The fraction of sp³-hybridized carbons (Fsp3) is 0.654. The van der Waals surface area contributed by atoms with E-state index in [-0.39, 0.29) is 6.61 Å². The van der Waals surface area contributed by atoms with Crippen LogP contribution in [0.3, 0.4) is 0 Å². The smallest absolute Gasteiger partial charge is 0.408 e. The monoisotopic (exact) mass is 433 g/mol. The first-order chi connectivity index (χ1) is 14.8. The number of amides is 1. The van der Waals surface area contributed by atoms with Crippen LogP contribution in [0, 0.1) is 0 Å². The van der Waals surface area contributed by atoms with Gasteiger partial charge in [0.1, 0.15) is 11.7 Å². The number of allylic oxidation sites excluding steroid dienone is 1. The average molecular weight is 434 g/mol. The molecule has 3 N–H and O–H groups in total. The topological polar surface area (TPSA) is 78.8 Å². The zero-order valence-electron chi connectivity index (χ0n) is 19.9. The molecule has 0 unspecified atom stereocenters. The third kappa shape index (κ3) is 12.6. The molecular formula is C26H43NO4. The Morgan fingerprint density at radius 2 is 1.74 bits per heavy atom. The normalized spacial score (nSPS) is 13.9. The van der Waals surface area contributed by atoms with Gasteiger partial charge in [0.15, 0.2) is 0 Å². The minimum absolute atomic E-state index is 0.390. The zero-order chi connectivity index (χ0) is 23.1. The van der Waals surface area contributed by atoms with Crippen molar-refractivity contribution in [2.24, 2.45) is 0 Å². The van der Waals surface area contributed by atoms with Crippen LogP contribution in [-0.4, -0.2) is 34.6 Å². The Kier molecular flexibility index (Phi) is 13.2. The first-order valence-corrected chi connectivity index (χ1v) is 11.8. The number of rotatable bonds is 14. The summed E-state index contributed by atoms with van der Waals surface area (Å²) in [5.41, 5.74) is 0.990. The zero-order valence-corrected chi connectivity index (χ0v) is 19.9. The number of hydrogen-bond donors (Lipinski definition) is 3. The van der Waals surface area contributed by atoms with E-state index in [4.69, 9.17) is 4.74 Å². The van der Waals surface area contributed by atoms with E-state index in [2.05, 4.69) is 24.4 Å². The molecule has 31 heavy (non-hydrogen) atoms. The number of ether oxygens (including phenoxy) is 1. The molecule has 0 bridgehead atoms. The Hall–Kier alpha value is -1.85. The minimum atomic E-state index is -1.03. The Labute approximate surface area is 188 Å². The molecule has 2 atom stereocenters. The van der Waals surface area contributed by atoms with Gasteiger partial charge >= 0.3 is 6.09 Å². The summed E-state index contributed by atoms with van der Waals surface area (Å²) in [4.78, 5) is 12.0. The lowest BCUT2D eigenvalue weighted by atomic mass is 10.00. The quantitative estimate of drug-likeness (QED) is 0.307. The van der Waals surface area contributed by atoms with Crippen LogP contribution >= 0.6 is 0 Å². The number of hydrogen-bond acceptors (Lipinski definition) is 4. The van der Waals surface area contributed by atoms with Gasteiger partial charge in [0, 0.05) is 0 Å². The third-order valence-electron chi connectivity index (χ3n) is 5.07. The molecule has 0 aliphatic heterocycles. The van der Waals surface area contributed by atoms with Crippen LogP contribution in [0.2, 0.25) is 0 Å². The Balaban J connectivity index is 2.48. The summed E-state index contributed by atoms with van der Waals surface area (Å²) in [6.45, 7) is 7.15. The van der Waals surface area contributed by atoms with Crippen LogP contribution in [0.5, 0.6) is 0 Å². The molecule has 0 spiro atoms. The lowest BCUT2D eigenvalue weighted by molar-refractivity contribution is 0.0349. The van der Waals surface area contributed by atoms with E-state index in [0.29, 0.717) is 5.56 Å².